The number of hydrogen-bond donors (Lipinski definition) is 0. The summed E-state index contributed by atoms with van der Waals surface area (Å²) in [5.41, 5.74) is -0.341. The molecule has 64 valence electrons. The van der Waals surface area contributed by atoms with E-state index in [1.54, 1.807) is 0 Å². The van der Waals surface area contributed by atoms with Crippen molar-refractivity contribution in [1.29, 1.82) is 0 Å². The molecule has 0 saturated heterocycles. The number of hydrogen-bond acceptors (Lipinski definition) is 2. The Hall–Kier alpha value is -1.45. The van der Waals surface area contributed by atoms with E-state index in [2.05, 4.69) is 4.74 Å². The molecule has 1 aromatic rings. The highest BCUT2D eigenvalue weighted by atomic mass is 19.2. The molecule has 0 saturated carbocycles. The molecular weight excluding hydrogens is 166 g/mol. The van der Waals surface area contributed by atoms with Crippen LogP contribution in [0.3, 0.4) is 0 Å². The van der Waals surface area contributed by atoms with Gasteiger partial charge >= 0.3 is 0 Å². The van der Waals surface area contributed by atoms with Gasteiger partial charge in [-0.05, 0) is 6.07 Å². The fourth-order valence-electron chi connectivity index (χ4n) is 0.788. The average molecular weight is 172 g/mol. The number of ether oxygens (including phenoxy) is 1. The number of benzene rings is 1. The SMILES string of the molecule is COc1cc(F)c(F)c(C=O)c1. The van der Waals surface area contributed by atoms with E-state index < -0.39 is 11.6 Å². The quantitative estimate of drug-likeness (QED) is 0.635. The Kier molecular flexibility index (Phi) is 2.38. The van der Waals surface area contributed by atoms with Crippen LogP contribution in [0.5, 0.6) is 5.75 Å². The first-order valence-electron chi connectivity index (χ1n) is 3.17. The zero-order chi connectivity index (χ0) is 9.14. The number of rotatable bonds is 2. The van der Waals surface area contributed by atoms with E-state index in [-0.39, 0.29) is 17.6 Å². The van der Waals surface area contributed by atoms with Gasteiger partial charge < -0.3 is 4.74 Å². The van der Waals surface area contributed by atoms with Gasteiger partial charge in [0.25, 0.3) is 0 Å². The molecule has 0 radical (unpaired) electrons. The molecule has 0 fully saturated rings. The molecule has 4 heteroatoms. The monoisotopic (exact) mass is 172 g/mol. The summed E-state index contributed by atoms with van der Waals surface area (Å²) in [5.74, 6) is -2.11. The van der Waals surface area contributed by atoms with Gasteiger partial charge in [-0.15, -0.1) is 0 Å². The van der Waals surface area contributed by atoms with Gasteiger partial charge in [-0.3, -0.25) is 4.79 Å². The molecule has 0 aliphatic rings. The topological polar surface area (TPSA) is 26.3 Å². The van der Waals surface area contributed by atoms with Gasteiger partial charge in [-0.1, -0.05) is 0 Å². The lowest BCUT2D eigenvalue weighted by molar-refractivity contribution is 0.111. The second-order valence-electron chi connectivity index (χ2n) is 2.13. The van der Waals surface area contributed by atoms with Crippen LogP contribution in [-0.2, 0) is 0 Å². The molecule has 0 aliphatic heterocycles. The highest BCUT2D eigenvalue weighted by Gasteiger charge is 2.09. The minimum absolute atomic E-state index is 0.121. The second kappa shape index (κ2) is 3.30. The molecule has 1 aromatic carbocycles. The third-order valence-electron chi connectivity index (χ3n) is 1.39. The third kappa shape index (κ3) is 1.42. The minimum Gasteiger partial charge on any atom is -0.497 e. The van der Waals surface area contributed by atoms with Crippen molar-refractivity contribution in [3.8, 4) is 5.75 Å². The van der Waals surface area contributed by atoms with Crippen LogP contribution in [0.25, 0.3) is 0 Å². The predicted octanol–water partition coefficient (Wildman–Crippen LogP) is 1.79. The zero-order valence-electron chi connectivity index (χ0n) is 6.30. The normalized spacial score (nSPS) is 9.58. The Balaban J connectivity index is 3.28. The van der Waals surface area contributed by atoms with E-state index in [4.69, 9.17) is 0 Å². The predicted molar refractivity (Wildman–Crippen MR) is 38.3 cm³/mol. The standard InChI is InChI=1S/C8H6F2O2/c1-12-6-2-5(4-11)8(10)7(9)3-6/h2-4H,1H3. The van der Waals surface area contributed by atoms with Gasteiger partial charge in [0.2, 0.25) is 0 Å². The second-order valence-corrected chi connectivity index (χ2v) is 2.13. The van der Waals surface area contributed by atoms with E-state index in [0.29, 0.717) is 0 Å². The van der Waals surface area contributed by atoms with Gasteiger partial charge in [0, 0.05) is 6.07 Å². The summed E-state index contributed by atoms with van der Waals surface area (Å²) in [6.07, 6.45) is 0.237. The molecular formula is C8H6F2O2. The molecule has 12 heavy (non-hydrogen) atoms. The molecule has 0 heterocycles. The Labute approximate surface area is 67.8 Å². The van der Waals surface area contributed by atoms with E-state index in [1.165, 1.54) is 7.11 Å². The third-order valence-corrected chi connectivity index (χ3v) is 1.39. The Bertz CT molecular complexity index is 310. The average Bonchev–Trinajstić information content (AvgIpc) is 2.09. The fourth-order valence-corrected chi connectivity index (χ4v) is 0.788. The van der Waals surface area contributed by atoms with Crippen LogP contribution < -0.4 is 4.74 Å². The van der Waals surface area contributed by atoms with Crippen molar-refractivity contribution in [3.05, 3.63) is 29.3 Å². The smallest absolute Gasteiger partial charge is 0.169 e. The van der Waals surface area contributed by atoms with Crippen molar-refractivity contribution in [2.45, 2.75) is 0 Å². The summed E-state index contributed by atoms with van der Waals surface area (Å²) in [4.78, 5) is 10.2. The summed E-state index contributed by atoms with van der Waals surface area (Å²) < 4.78 is 29.9. The first kappa shape index (κ1) is 8.64. The molecule has 2 nitrogen and oxygen atoms in total. The maximum atomic E-state index is 12.7. The number of aldehydes is 1. The van der Waals surface area contributed by atoms with Crippen molar-refractivity contribution in [2.24, 2.45) is 0 Å². The Morgan fingerprint density at radius 1 is 1.42 bits per heavy atom. The number of carbonyl (C=O) groups excluding carboxylic acids is 1. The molecule has 0 unspecified atom stereocenters. The van der Waals surface area contributed by atoms with Crippen molar-refractivity contribution >= 4 is 6.29 Å². The van der Waals surface area contributed by atoms with Gasteiger partial charge in [-0.25, -0.2) is 8.78 Å². The lowest BCUT2D eigenvalue weighted by Gasteiger charge is -2.01. The van der Waals surface area contributed by atoms with E-state index in [1.807, 2.05) is 0 Å². The molecule has 1 rings (SSSR count). The zero-order valence-corrected chi connectivity index (χ0v) is 6.30. The molecule has 0 N–H and O–H groups in total. The first-order chi connectivity index (χ1) is 5.69. The summed E-state index contributed by atoms with van der Waals surface area (Å²) in [6.45, 7) is 0. The lowest BCUT2D eigenvalue weighted by Crippen LogP contribution is -1.94. The molecule has 0 atom stereocenters. The van der Waals surface area contributed by atoms with E-state index in [0.717, 1.165) is 12.1 Å². The summed E-state index contributed by atoms with van der Waals surface area (Å²) in [6, 6.07) is 2.01. The van der Waals surface area contributed by atoms with Crippen LogP contribution >= 0.6 is 0 Å². The maximum absolute atomic E-state index is 12.7. The van der Waals surface area contributed by atoms with Crippen molar-refractivity contribution in [2.75, 3.05) is 7.11 Å². The molecule has 0 aromatic heterocycles. The maximum Gasteiger partial charge on any atom is 0.169 e. The summed E-state index contributed by atoms with van der Waals surface area (Å²) in [7, 11) is 1.31. The van der Waals surface area contributed by atoms with E-state index in [9.17, 15) is 13.6 Å². The largest absolute Gasteiger partial charge is 0.497 e. The Morgan fingerprint density at radius 2 is 2.08 bits per heavy atom. The van der Waals surface area contributed by atoms with Crippen LogP contribution in [0.1, 0.15) is 10.4 Å². The molecule has 0 spiro atoms. The highest BCUT2D eigenvalue weighted by molar-refractivity contribution is 5.76. The Morgan fingerprint density at radius 3 is 2.58 bits per heavy atom. The first-order valence-corrected chi connectivity index (χ1v) is 3.17. The van der Waals surface area contributed by atoms with Crippen LogP contribution in [0, 0.1) is 11.6 Å². The highest BCUT2D eigenvalue weighted by Crippen LogP contribution is 2.18. The van der Waals surface area contributed by atoms with E-state index >= 15 is 0 Å². The molecule has 0 aliphatic carbocycles. The van der Waals surface area contributed by atoms with Gasteiger partial charge in [0.05, 0.1) is 12.7 Å². The van der Waals surface area contributed by atoms with Crippen molar-refractivity contribution in [3.63, 3.8) is 0 Å². The van der Waals surface area contributed by atoms with Gasteiger partial charge in [0.15, 0.2) is 17.9 Å². The molecule has 0 bridgehead atoms. The summed E-state index contributed by atoms with van der Waals surface area (Å²) >= 11 is 0. The lowest BCUT2D eigenvalue weighted by atomic mass is 10.2. The van der Waals surface area contributed by atoms with Gasteiger partial charge in [0.1, 0.15) is 5.75 Å². The number of halogens is 2. The minimum atomic E-state index is -1.15. The van der Waals surface area contributed by atoms with Crippen molar-refractivity contribution in [1.82, 2.24) is 0 Å². The number of methoxy groups -OCH3 is 1. The van der Waals surface area contributed by atoms with Gasteiger partial charge in [-0.2, -0.15) is 0 Å². The fraction of sp³-hybridized carbons (Fsp3) is 0.125. The van der Waals surface area contributed by atoms with Crippen molar-refractivity contribution < 1.29 is 18.3 Å². The van der Waals surface area contributed by atoms with Crippen LogP contribution in [0.2, 0.25) is 0 Å². The molecule has 0 amide bonds. The van der Waals surface area contributed by atoms with Crippen LogP contribution in [-0.4, -0.2) is 13.4 Å². The van der Waals surface area contributed by atoms with Crippen LogP contribution in [0.4, 0.5) is 8.78 Å². The van der Waals surface area contributed by atoms with Crippen LogP contribution in [0.15, 0.2) is 12.1 Å². The summed E-state index contributed by atoms with van der Waals surface area (Å²) in [5, 5.41) is 0. The number of carbonyl (C=O) groups is 1.